The van der Waals surface area contributed by atoms with Crippen molar-refractivity contribution in [1.82, 2.24) is 14.6 Å². The van der Waals surface area contributed by atoms with Crippen LogP contribution in [0.25, 0.3) is 0 Å². The first kappa shape index (κ1) is 21.5. The number of nitrogens with one attached hydrogen (secondary N) is 1. The molecule has 0 radical (unpaired) electrons. The van der Waals surface area contributed by atoms with E-state index in [1.54, 1.807) is 6.07 Å². The molecule has 3 unspecified atom stereocenters. The minimum atomic E-state index is -3.67. The van der Waals surface area contributed by atoms with Crippen LogP contribution in [0.5, 0.6) is 5.88 Å². The number of benzene rings is 1. The van der Waals surface area contributed by atoms with Crippen LogP contribution in [0.4, 0.5) is 0 Å². The van der Waals surface area contributed by atoms with Gasteiger partial charge in [0.25, 0.3) is 0 Å². The number of carbonyl (C=O) groups is 1. The maximum absolute atomic E-state index is 13.0. The summed E-state index contributed by atoms with van der Waals surface area (Å²) in [7, 11) is -3.67. The zero-order chi connectivity index (χ0) is 21.8. The van der Waals surface area contributed by atoms with Crippen molar-refractivity contribution in [2.24, 2.45) is 5.92 Å². The predicted octanol–water partition coefficient (Wildman–Crippen LogP) is 1.74. The quantitative estimate of drug-likeness (QED) is 0.624. The highest BCUT2D eigenvalue weighted by atomic mass is 32.2. The van der Waals surface area contributed by atoms with Crippen molar-refractivity contribution in [3.05, 3.63) is 66.9 Å². The molecule has 8 nitrogen and oxygen atoms in total. The molecule has 3 heterocycles. The number of fused-ring (bicyclic) bond motifs is 1. The number of ether oxygens (including phenoxy) is 2. The van der Waals surface area contributed by atoms with Crippen molar-refractivity contribution in [3.63, 3.8) is 0 Å². The van der Waals surface area contributed by atoms with Gasteiger partial charge in [0.15, 0.2) is 0 Å². The first-order valence-corrected chi connectivity index (χ1v) is 11.6. The number of carbonyl (C=O) groups excluding carboxylic acids is 1. The molecule has 2 aromatic rings. The smallest absolute Gasteiger partial charge is 0.245 e. The molecule has 2 fully saturated rings. The number of hydrogen-bond donors (Lipinski definition) is 1. The summed E-state index contributed by atoms with van der Waals surface area (Å²) in [6.07, 6.45) is 3.19. The first-order chi connectivity index (χ1) is 15.0. The fourth-order valence-electron chi connectivity index (χ4n) is 3.90. The van der Waals surface area contributed by atoms with Crippen LogP contribution in [-0.2, 0) is 26.0 Å². The Hall–Kier alpha value is -2.75. The summed E-state index contributed by atoms with van der Waals surface area (Å²) in [5.41, 5.74) is 1.16. The van der Waals surface area contributed by atoms with Crippen molar-refractivity contribution in [2.45, 2.75) is 30.1 Å². The van der Waals surface area contributed by atoms with E-state index in [9.17, 15) is 13.2 Å². The summed E-state index contributed by atoms with van der Waals surface area (Å²) in [6.45, 7) is 4.48. The maximum Gasteiger partial charge on any atom is 0.245 e. The standard InChI is InChI=1S/C22H25N3O5S/c1-2-20(26)24-22-12-17-14-25(15-19(17)30-22)31(27,28)18-8-9-21(23-13-18)29-11-10-16-6-4-3-5-7-16/h2-9,13,17,19,22H,1,10-12,14-15H2,(H,24,26). The van der Waals surface area contributed by atoms with E-state index in [-0.39, 0.29) is 29.4 Å². The van der Waals surface area contributed by atoms with Crippen LogP contribution in [-0.4, -0.2) is 55.6 Å². The van der Waals surface area contributed by atoms with Crippen LogP contribution in [0.3, 0.4) is 0 Å². The van der Waals surface area contributed by atoms with E-state index in [0.29, 0.717) is 25.5 Å². The summed E-state index contributed by atoms with van der Waals surface area (Å²) in [6, 6.07) is 13.1. The Morgan fingerprint density at radius 1 is 1.26 bits per heavy atom. The van der Waals surface area contributed by atoms with E-state index >= 15 is 0 Å². The highest BCUT2D eigenvalue weighted by Crippen LogP contribution is 2.34. The number of sulfonamides is 1. The zero-order valence-corrected chi connectivity index (χ0v) is 17.8. The normalized spacial score (nSPS) is 23.3. The second-order valence-corrected chi connectivity index (χ2v) is 9.55. The number of rotatable bonds is 8. The lowest BCUT2D eigenvalue weighted by molar-refractivity contribution is -0.120. The molecule has 2 saturated heterocycles. The molecular formula is C22H25N3O5S. The predicted molar refractivity (Wildman–Crippen MR) is 114 cm³/mol. The van der Waals surface area contributed by atoms with E-state index in [0.717, 1.165) is 12.0 Å². The molecule has 31 heavy (non-hydrogen) atoms. The van der Waals surface area contributed by atoms with Crippen LogP contribution in [0.15, 0.2) is 66.2 Å². The van der Waals surface area contributed by atoms with Gasteiger partial charge in [-0.05, 0) is 24.1 Å². The average Bonchev–Trinajstić information content (AvgIpc) is 3.34. The fraction of sp³-hybridized carbons (Fsp3) is 0.364. The second kappa shape index (κ2) is 9.17. The Morgan fingerprint density at radius 2 is 2.06 bits per heavy atom. The number of hydrogen-bond acceptors (Lipinski definition) is 6. The van der Waals surface area contributed by atoms with E-state index in [2.05, 4.69) is 16.9 Å². The van der Waals surface area contributed by atoms with Gasteiger partial charge in [-0.2, -0.15) is 4.31 Å². The maximum atomic E-state index is 13.0. The molecule has 9 heteroatoms. The highest BCUT2D eigenvalue weighted by Gasteiger charge is 2.46. The molecule has 0 bridgehead atoms. The van der Waals surface area contributed by atoms with Gasteiger partial charge in [0.1, 0.15) is 11.1 Å². The third kappa shape index (κ3) is 4.95. The third-order valence-corrected chi connectivity index (χ3v) is 7.34. The van der Waals surface area contributed by atoms with Gasteiger partial charge in [-0.1, -0.05) is 36.9 Å². The van der Waals surface area contributed by atoms with Gasteiger partial charge in [0.2, 0.25) is 21.8 Å². The van der Waals surface area contributed by atoms with Crippen LogP contribution in [0.1, 0.15) is 12.0 Å². The van der Waals surface area contributed by atoms with Gasteiger partial charge in [0.05, 0.1) is 18.9 Å². The number of nitrogens with zero attached hydrogens (tertiary/aromatic N) is 2. The van der Waals surface area contributed by atoms with Gasteiger partial charge in [-0.15, -0.1) is 0 Å². The Bertz CT molecular complexity index is 1010. The van der Waals surface area contributed by atoms with Crippen molar-refractivity contribution < 1.29 is 22.7 Å². The molecule has 4 rings (SSSR count). The van der Waals surface area contributed by atoms with Crippen LogP contribution in [0, 0.1) is 5.92 Å². The minimum absolute atomic E-state index is 0.0402. The molecule has 3 atom stereocenters. The number of amides is 1. The van der Waals surface area contributed by atoms with Crippen molar-refractivity contribution in [3.8, 4) is 5.88 Å². The summed E-state index contributed by atoms with van der Waals surface area (Å²) >= 11 is 0. The molecule has 1 amide bonds. The Kier molecular flexibility index (Phi) is 6.35. The molecule has 1 aromatic heterocycles. The molecular weight excluding hydrogens is 418 g/mol. The fourth-order valence-corrected chi connectivity index (χ4v) is 5.36. The zero-order valence-electron chi connectivity index (χ0n) is 17.0. The Labute approximate surface area is 181 Å². The van der Waals surface area contributed by atoms with Crippen molar-refractivity contribution in [2.75, 3.05) is 19.7 Å². The van der Waals surface area contributed by atoms with Crippen LogP contribution in [0.2, 0.25) is 0 Å². The van der Waals surface area contributed by atoms with Crippen molar-refractivity contribution in [1.29, 1.82) is 0 Å². The molecule has 0 aliphatic carbocycles. The summed E-state index contributed by atoms with van der Waals surface area (Å²) in [5, 5.41) is 2.70. The van der Waals surface area contributed by atoms with E-state index in [1.807, 2.05) is 30.3 Å². The van der Waals surface area contributed by atoms with Gasteiger partial charge in [0, 0.05) is 31.5 Å². The molecule has 164 valence electrons. The highest BCUT2D eigenvalue weighted by molar-refractivity contribution is 7.89. The summed E-state index contributed by atoms with van der Waals surface area (Å²) in [5.74, 6) is 0.127. The lowest BCUT2D eigenvalue weighted by atomic mass is 10.1. The number of aromatic nitrogens is 1. The SMILES string of the molecule is C=CC(=O)NC1CC2CN(S(=O)(=O)c3ccc(OCCc4ccccc4)nc3)CC2O1. The van der Waals surface area contributed by atoms with Gasteiger partial charge in [-0.3, -0.25) is 4.79 Å². The molecule has 0 spiro atoms. The average molecular weight is 444 g/mol. The second-order valence-electron chi connectivity index (χ2n) is 7.61. The van der Waals surface area contributed by atoms with Crippen LogP contribution >= 0.6 is 0 Å². The van der Waals surface area contributed by atoms with E-state index in [1.165, 1.54) is 22.6 Å². The topological polar surface area (TPSA) is 97.8 Å². The summed E-state index contributed by atoms with van der Waals surface area (Å²) < 4.78 is 38.8. The minimum Gasteiger partial charge on any atom is -0.477 e. The van der Waals surface area contributed by atoms with Crippen LogP contribution < -0.4 is 10.1 Å². The largest absolute Gasteiger partial charge is 0.477 e. The lowest BCUT2D eigenvalue weighted by Crippen LogP contribution is -2.37. The van der Waals surface area contributed by atoms with Gasteiger partial charge < -0.3 is 14.8 Å². The third-order valence-electron chi connectivity index (χ3n) is 5.52. The molecule has 0 saturated carbocycles. The molecule has 2 aliphatic heterocycles. The molecule has 1 aromatic carbocycles. The van der Waals surface area contributed by atoms with Gasteiger partial charge >= 0.3 is 0 Å². The lowest BCUT2D eigenvalue weighted by Gasteiger charge is -2.19. The number of pyridine rings is 1. The Balaban J connectivity index is 1.31. The van der Waals surface area contributed by atoms with E-state index < -0.39 is 16.3 Å². The molecule has 1 N–H and O–H groups in total. The Morgan fingerprint density at radius 3 is 2.74 bits per heavy atom. The first-order valence-electron chi connectivity index (χ1n) is 10.2. The molecule has 2 aliphatic rings. The van der Waals surface area contributed by atoms with Gasteiger partial charge in [-0.25, -0.2) is 13.4 Å². The van der Waals surface area contributed by atoms with Crippen molar-refractivity contribution >= 4 is 15.9 Å². The summed E-state index contributed by atoms with van der Waals surface area (Å²) in [4.78, 5) is 15.7. The monoisotopic (exact) mass is 443 g/mol. The van der Waals surface area contributed by atoms with E-state index in [4.69, 9.17) is 9.47 Å².